The van der Waals surface area contributed by atoms with Crippen molar-refractivity contribution in [2.75, 3.05) is 19.8 Å². The van der Waals surface area contributed by atoms with Gasteiger partial charge in [0.2, 0.25) is 0 Å². The number of hydrogen-bond donors (Lipinski definition) is 1. The van der Waals surface area contributed by atoms with E-state index in [4.69, 9.17) is 9.57 Å². The Morgan fingerprint density at radius 1 is 1.18 bits per heavy atom. The van der Waals surface area contributed by atoms with Crippen LogP contribution < -0.4 is 5.48 Å². The summed E-state index contributed by atoms with van der Waals surface area (Å²) in [6, 6.07) is 10.2. The second kappa shape index (κ2) is 7.43. The Morgan fingerprint density at radius 3 is 2.71 bits per heavy atom. The quantitative estimate of drug-likeness (QED) is 0.607. The van der Waals surface area contributed by atoms with E-state index in [1.165, 1.54) is 24.8 Å². The molecule has 1 N–H and O–H groups in total. The van der Waals surface area contributed by atoms with Crippen LogP contribution in [0.25, 0.3) is 0 Å². The summed E-state index contributed by atoms with van der Waals surface area (Å²) in [5, 5.41) is 0. The van der Waals surface area contributed by atoms with Crippen LogP contribution in [-0.4, -0.2) is 19.8 Å². The van der Waals surface area contributed by atoms with E-state index in [0.717, 1.165) is 25.7 Å². The van der Waals surface area contributed by atoms with Crippen molar-refractivity contribution in [1.29, 1.82) is 0 Å². The van der Waals surface area contributed by atoms with Crippen molar-refractivity contribution < 1.29 is 9.57 Å². The van der Waals surface area contributed by atoms with Crippen LogP contribution in [0.15, 0.2) is 30.3 Å². The molecular formula is C14H21NO2. The lowest BCUT2D eigenvalue weighted by atomic mass is 9.97. The third-order valence-corrected chi connectivity index (χ3v) is 3.18. The number of hydrogen-bond acceptors (Lipinski definition) is 3. The van der Waals surface area contributed by atoms with Crippen LogP contribution in [0, 0.1) is 5.92 Å². The van der Waals surface area contributed by atoms with Gasteiger partial charge in [0.25, 0.3) is 0 Å². The maximum atomic E-state index is 5.43. The second-order valence-electron chi connectivity index (χ2n) is 4.51. The Kier molecular flexibility index (Phi) is 5.49. The van der Waals surface area contributed by atoms with Crippen molar-refractivity contribution in [1.82, 2.24) is 5.48 Å². The molecule has 0 unspecified atom stereocenters. The highest BCUT2D eigenvalue weighted by molar-refractivity contribution is 5.13. The normalized spacial score (nSPS) is 17.2. The average molecular weight is 235 g/mol. The number of benzene rings is 1. The number of hydroxylamine groups is 1. The first-order valence-electron chi connectivity index (χ1n) is 6.41. The molecule has 0 atom stereocenters. The van der Waals surface area contributed by atoms with E-state index in [1.54, 1.807) is 0 Å². The summed E-state index contributed by atoms with van der Waals surface area (Å²) in [7, 11) is 0. The predicted molar refractivity (Wildman–Crippen MR) is 67.4 cm³/mol. The van der Waals surface area contributed by atoms with Gasteiger partial charge in [-0.3, -0.25) is 4.84 Å². The Morgan fingerprint density at radius 2 is 1.94 bits per heavy atom. The van der Waals surface area contributed by atoms with E-state index < -0.39 is 0 Å². The molecule has 0 bridgehead atoms. The van der Waals surface area contributed by atoms with Gasteiger partial charge in [0, 0.05) is 19.8 Å². The molecule has 1 aromatic rings. The molecule has 1 heterocycles. The number of nitrogens with one attached hydrogen (secondary N) is 1. The average Bonchev–Trinajstić information content (AvgIpc) is 2.41. The van der Waals surface area contributed by atoms with Gasteiger partial charge in [-0.1, -0.05) is 30.3 Å². The van der Waals surface area contributed by atoms with E-state index in [9.17, 15) is 0 Å². The molecule has 1 saturated heterocycles. The van der Waals surface area contributed by atoms with Crippen molar-refractivity contribution in [3.63, 3.8) is 0 Å². The van der Waals surface area contributed by atoms with Crippen molar-refractivity contribution in [2.45, 2.75) is 25.9 Å². The van der Waals surface area contributed by atoms with Crippen molar-refractivity contribution in [3.8, 4) is 0 Å². The molecule has 0 saturated carbocycles. The zero-order chi connectivity index (χ0) is 11.8. The van der Waals surface area contributed by atoms with E-state index in [-0.39, 0.29) is 0 Å². The first kappa shape index (κ1) is 12.6. The lowest BCUT2D eigenvalue weighted by Crippen LogP contribution is -2.22. The summed E-state index contributed by atoms with van der Waals surface area (Å²) in [6.45, 7) is 3.41. The minimum absolute atomic E-state index is 0.634. The predicted octanol–water partition coefficient (Wildman–Crippen LogP) is 2.52. The first-order chi connectivity index (χ1) is 8.45. The molecule has 0 aliphatic carbocycles. The first-order valence-corrected chi connectivity index (χ1v) is 6.41. The van der Waals surface area contributed by atoms with Gasteiger partial charge < -0.3 is 4.74 Å². The number of ether oxygens (including phenoxy) is 1. The molecule has 1 aliphatic rings. The fourth-order valence-electron chi connectivity index (χ4n) is 2.08. The molecule has 0 aromatic heterocycles. The fourth-order valence-corrected chi connectivity index (χ4v) is 2.08. The summed E-state index contributed by atoms with van der Waals surface area (Å²) < 4.78 is 5.33. The number of rotatable bonds is 6. The highest BCUT2D eigenvalue weighted by atomic mass is 16.6. The van der Waals surface area contributed by atoms with E-state index in [1.807, 2.05) is 18.2 Å². The SMILES string of the molecule is c1ccc(CONCCC2CCOCC2)cc1. The largest absolute Gasteiger partial charge is 0.381 e. The molecule has 0 spiro atoms. The van der Waals surface area contributed by atoms with Crippen LogP contribution in [0.2, 0.25) is 0 Å². The summed E-state index contributed by atoms with van der Waals surface area (Å²) in [6.07, 6.45) is 3.57. The van der Waals surface area contributed by atoms with Crippen molar-refractivity contribution in [2.24, 2.45) is 5.92 Å². The maximum Gasteiger partial charge on any atom is 0.0933 e. The van der Waals surface area contributed by atoms with Gasteiger partial charge in [-0.25, -0.2) is 5.48 Å². The standard InChI is InChI=1S/C14H21NO2/c1-2-4-14(5-3-1)12-17-15-9-6-13-7-10-16-11-8-13/h1-5,13,15H,6-12H2. The van der Waals surface area contributed by atoms with Crippen molar-refractivity contribution >= 4 is 0 Å². The molecule has 1 fully saturated rings. The van der Waals surface area contributed by atoms with Gasteiger partial charge >= 0.3 is 0 Å². The molecular weight excluding hydrogens is 214 g/mol. The molecule has 0 amide bonds. The Hall–Kier alpha value is -0.900. The maximum absolute atomic E-state index is 5.43. The van der Waals surface area contributed by atoms with E-state index in [2.05, 4.69) is 17.6 Å². The van der Waals surface area contributed by atoms with Gasteiger partial charge in [0.05, 0.1) is 6.61 Å². The highest BCUT2D eigenvalue weighted by Gasteiger charge is 2.12. The summed E-state index contributed by atoms with van der Waals surface area (Å²) >= 11 is 0. The van der Waals surface area contributed by atoms with Crippen LogP contribution in [0.5, 0.6) is 0 Å². The van der Waals surface area contributed by atoms with E-state index in [0.29, 0.717) is 6.61 Å². The monoisotopic (exact) mass is 235 g/mol. The van der Waals surface area contributed by atoms with Crippen LogP contribution in [0.3, 0.4) is 0 Å². The fraction of sp³-hybridized carbons (Fsp3) is 0.571. The van der Waals surface area contributed by atoms with Gasteiger partial charge in [0.1, 0.15) is 0 Å². The van der Waals surface area contributed by atoms with Crippen LogP contribution >= 0.6 is 0 Å². The highest BCUT2D eigenvalue weighted by Crippen LogP contribution is 2.17. The Labute approximate surface area is 103 Å². The molecule has 94 valence electrons. The van der Waals surface area contributed by atoms with Crippen LogP contribution in [-0.2, 0) is 16.2 Å². The minimum atomic E-state index is 0.634. The third-order valence-electron chi connectivity index (χ3n) is 3.18. The van der Waals surface area contributed by atoms with Crippen molar-refractivity contribution in [3.05, 3.63) is 35.9 Å². The molecule has 1 aromatic carbocycles. The summed E-state index contributed by atoms with van der Waals surface area (Å²) in [5.41, 5.74) is 4.24. The third kappa shape index (κ3) is 4.86. The lowest BCUT2D eigenvalue weighted by molar-refractivity contribution is 0.0173. The van der Waals surface area contributed by atoms with Gasteiger partial charge in [-0.15, -0.1) is 0 Å². The second-order valence-corrected chi connectivity index (χ2v) is 4.51. The van der Waals surface area contributed by atoms with Gasteiger partial charge in [-0.2, -0.15) is 0 Å². The van der Waals surface area contributed by atoms with E-state index >= 15 is 0 Å². The Balaban J connectivity index is 1.51. The van der Waals surface area contributed by atoms with Crippen LogP contribution in [0.1, 0.15) is 24.8 Å². The molecule has 1 aliphatic heterocycles. The zero-order valence-electron chi connectivity index (χ0n) is 10.2. The topological polar surface area (TPSA) is 30.5 Å². The molecule has 2 rings (SSSR count). The molecule has 17 heavy (non-hydrogen) atoms. The molecule has 3 nitrogen and oxygen atoms in total. The smallest absolute Gasteiger partial charge is 0.0933 e. The van der Waals surface area contributed by atoms with Gasteiger partial charge in [-0.05, 0) is 30.7 Å². The minimum Gasteiger partial charge on any atom is -0.381 e. The van der Waals surface area contributed by atoms with Crippen LogP contribution in [0.4, 0.5) is 0 Å². The molecule has 0 radical (unpaired) electrons. The summed E-state index contributed by atoms with van der Waals surface area (Å²) in [5.74, 6) is 0.802. The van der Waals surface area contributed by atoms with Gasteiger partial charge in [0.15, 0.2) is 0 Å². The summed E-state index contributed by atoms with van der Waals surface area (Å²) in [4.78, 5) is 5.43. The zero-order valence-corrected chi connectivity index (χ0v) is 10.2. The molecule has 3 heteroatoms. The Bertz CT molecular complexity index is 296. The lowest BCUT2D eigenvalue weighted by Gasteiger charge is -2.21.